The number of aryl methyl sites for hydroxylation is 2. The summed E-state index contributed by atoms with van der Waals surface area (Å²) >= 11 is 1.66. The Morgan fingerprint density at radius 1 is 1.11 bits per heavy atom. The molecule has 0 atom stereocenters. The van der Waals surface area contributed by atoms with E-state index in [2.05, 4.69) is 47.2 Å². The molecule has 0 bridgehead atoms. The van der Waals surface area contributed by atoms with E-state index in [0.717, 1.165) is 22.1 Å². The van der Waals surface area contributed by atoms with E-state index >= 15 is 0 Å². The fraction of sp³-hybridized carbons (Fsp3) is 0.143. The van der Waals surface area contributed by atoms with Gasteiger partial charge in [-0.1, -0.05) is 23.3 Å². The van der Waals surface area contributed by atoms with Gasteiger partial charge in [-0.3, -0.25) is 5.10 Å². The highest BCUT2D eigenvalue weighted by Gasteiger charge is 2.08. The summed E-state index contributed by atoms with van der Waals surface area (Å²) in [4.78, 5) is 5.66. The Kier molecular flexibility index (Phi) is 2.72. The zero-order valence-corrected chi connectivity index (χ0v) is 11.1. The van der Waals surface area contributed by atoms with Crippen LogP contribution in [0.4, 0.5) is 0 Å². The van der Waals surface area contributed by atoms with E-state index in [9.17, 15) is 0 Å². The number of hydrogen-bond donors (Lipinski definition) is 1. The first-order valence-electron chi connectivity index (χ1n) is 5.77. The highest BCUT2D eigenvalue weighted by molar-refractivity contribution is 7.13. The highest BCUT2D eigenvalue weighted by Crippen LogP contribution is 2.24. The number of benzene rings is 1. The zero-order valence-electron chi connectivity index (χ0n) is 10.3. The van der Waals surface area contributed by atoms with Gasteiger partial charge in [-0.2, -0.15) is 5.10 Å². The molecule has 3 rings (SSSR count). The van der Waals surface area contributed by atoms with Crippen molar-refractivity contribution in [1.82, 2.24) is 15.2 Å². The summed E-state index contributed by atoms with van der Waals surface area (Å²) in [5.74, 6) is 1.59. The molecule has 0 spiro atoms. The fourth-order valence-electron chi connectivity index (χ4n) is 2.02. The SMILES string of the molecule is Cc1cc(C)cc(-c2n[nH]c(-c3cccs3)n2)c1. The first-order valence-corrected chi connectivity index (χ1v) is 6.65. The summed E-state index contributed by atoms with van der Waals surface area (Å²) in [5.41, 5.74) is 3.52. The Hall–Kier alpha value is -1.94. The molecule has 0 saturated carbocycles. The van der Waals surface area contributed by atoms with Crippen LogP contribution in [0.1, 0.15) is 11.1 Å². The molecule has 2 heterocycles. The Balaban J connectivity index is 2.03. The maximum atomic E-state index is 4.55. The molecule has 0 aliphatic heterocycles. The van der Waals surface area contributed by atoms with Gasteiger partial charge in [-0.05, 0) is 37.4 Å². The normalized spacial score (nSPS) is 10.8. The first kappa shape index (κ1) is 11.2. The van der Waals surface area contributed by atoms with Crippen LogP contribution in [-0.4, -0.2) is 15.2 Å². The number of nitrogens with zero attached hydrogens (tertiary/aromatic N) is 2. The van der Waals surface area contributed by atoms with Crippen molar-refractivity contribution in [2.24, 2.45) is 0 Å². The summed E-state index contributed by atoms with van der Waals surface area (Å²) in [7, 11) is 0. The lowest BCUT2D eigenvalue weighted by molar-refractivity contribution is 1.10. The van der Waals surface area contributed by atoms with Crippen LogP contribution in [-0.2, 0) is 0 Å². The summed E-state index contributed by atoms with van der Waals surface area (Å²) in [6.07, 6.45) is 0. The van der Waals surface area contributed by atoms with Crippen LogP contribution >= 0.6 is 11.3 Å². The molecule has 0 amide bonds. The molecule has 90 valence electrons. The number of rotatable bonds is 2. The standard InChI is InChI=1S/C14H13N3S/c1-9-6-10(2)8-11(7-9)13-15-14(17-16-13)12-4-3-5-18-12/h3-8H,1-2H3,(H,15,16,17). The highest BCUT2D eigenvalue weighted by atomic mass is 32.1. The average Bonchev–Trinajstić information content (AvgIpc) is 2.99. The van der Waals surface area contributed by atoms with Crippen molar-refractivity contribution in [2.75, 3.05) is 0 Å². The monoisotopic (exact) mass is 255 g/mol. The number of nitrogens with one attached hydrogen (secondary N) is 1. The van der Waals surface area contributed by atoms with Crippen molar-refractivity contribution in [3.8, 4) is 22.1 Å². The molecule has 0 aliphatic carbocycles. The van der Waals surface area contributed by atoms with Crippen molar-refractivity contribution >= 4 is 11.3 Å². The molecule has 1 aromatic carbocycles. The number of aromatic nitrogens is 3. The maximum Gasteiger partial charge on any atom is 0.181 e. The zero-order chi connectivity index (χ0) is 12.5. The lowest BCUT2D eigenvalue weighted by atomic mass is 10.1. The van der Waals surface area contributed by atoms with Crippen molar-refractivity contribution in [1.29, 1.82) is 0 Å². The molecular weight excluding hydrogens is 242 g/mol. The molecule has 0 radical (unpaired) electrons. The molecule has 18 heavy (non-hydrogen) atoms. The molecule has 0 unspecified atom stereocenters. The van der Waals surface area contributed by atoms with E-state index in [1.54, 1.807) is 11.3 Å². The lowest BCUT2D eigenvalue weighted by Crippen LogP contribution is -1.84. The molecule has 4 heteroatoms. The van der Waals surface area contributed by atoms with Gasteiger partial charge in [0.15, 0.2) is 11.6 Å². The van der Waals surface area contributed by atoms with Crippen LogP contribution in [0.5, 0.6) is 0 Å². The second-order valence-electron chi connectivity index (χ2n) is 4.36. The van der Waals surface area contributed by atoms with Crippen LogP contribution in [0, 0.1) is 13.8 Å². The molecular formula is C14H13N3S. The van der Waals surface area contributed by atoms with Gasteiger partial charge < -0.3 is 0 Å². The number of hydrogen-bond acceptors (Lipinski definition) is 3. The molecule has 3 aromatic rings. The molecule has 0 aliphatic rings. The Morgan fingerprint density at radius 2 is 1.89 bits per heavy atom. The summed E-state index contributed by atoms with van der Waals surface area (Å²) in [5, 5.41) is 9.33. The third-order valence-electron chi connectivity index (χ3n) is 2.72. The number of aromatic amines is 1. The van der Waals surface area contributed by atoms with E-state index in [1.807, 2.05) is 17.5 Å². The Bertz CT molecular complexity index is 648. The third kappa shape index (κ3) is 2.07. The van der Waals surface area contributed by atoms with Gasteiger partial charge in [-0.25, -0.2) is 4.98 Å². The number of thiophene rings is 1. The van der Waals surface area contributed by atoms with Crippen molar-refractivity contribution in [2.45, 2.75) is 13.8 Å². The van der Waals surface area contributed by atoms with E-state index in [-0.39, 0.29) is 0 Å². The minimum atomic E-state index is 0.755. The van der Waals surface area contributed by atoms with Gasteiger partial charge in [0.25, 0.3) is 0 Å². The molecule has 3 nitrogen and oxygen atoms in total. The Labute approximate surface area is 110 Å². The summed E-state index contributed by atoms with van der Waals surface area (Å²) < 4.78 is 0. The summed E-state index contributed by atoms with van der Waals surface area (Å²) in [6.45, 7) is 4.17. The van der Waals surface area contributed by atoms with E-state index in [1.165, 1.54) is 11.1 Å². The lowest BCUT2D eigenvalue weighted by Gasteiger charge is -2.00. The van der Waals surface area contributed by atoms with Crippen molar-refractivity contribution < 1.29 is 0 Å². The largest absolute Gasteiger partial charge is 0.258 e. The van der Waals surface area contributed by atoms with Gasteiger partial charge in [-0.15, -0.1) is 11.3 Å². The smallest absolute Gasteiger partial charge is 0.181 e. The molecule has 0 fully saturated rings. The minimum Gasteiger partial charge on any atom is -0.258 e. The molecule has 1 N–H and O–H groups in total. The van der Waals surface area contributed by atoms with Crippen LogP contribution < -0.4 is 0 Å². The minimum absolute atomic E-state index is 0.755. The maximum absolute atomic E-state index is 4.55. The van der Waals surface area contributed by atoms with E-state index in [4.69, 9.17) is 0 Å². The van der Waals surface area contributed by atoms with Gasteiger partial charge >= 0.3 is 0 Å². The number of H-pyrrole nitrogens is 1. The van der Waals surface area contributed by atoms with Gasteiger partial charge in [0, 0.05) is 5.56 Å². The topological polar surface area (TPSA) is 41.6 Å². The summed E-state index contributed by atoms with van der Waals surface area (Å²) in [6, 6.07) is 10.4. The predicted octanol–water partition coefficient (Wildman–Crippen LogP) is 3.82. The van der Waals surface area contributed by atoms with Crippen LogP contribution in [0.3, 0.4) is 0 Å². The van der Waals surface area contributed by atoms with Crippen LogP contribution in [0.2, 0.25) is 0 Å². The predicted molar refractivity (Wildman–Crippen MR) is 74.6 cm³/mol. The first-order chi connectivity index (χ1) is 8.72. The quantitative estimate of drug-likeness (QED) is 0.756. The van der Waals surface area contributed by atoms with Crippen molar-refractivity contribution in [3.05, 3.63) is 46.8 Å². The van der Waals surface area contributed by atoms with Gasteiger partial charge in [0.05, 0.1) is 4.88 Å². The third-order valence-corrected chi connectivity index (χ3v) is 3.60. The molecule has 2 aromatic heterocycles. The average molecular weight is 255 g/mol. The van der Waals surface area contributed by atoms with E-state index in [0.29, 0.717) is 0 Å². The van der Waals surface area contributed by atoms with Crippen molar-refractivity contribution in [3.63, 3.8) is 0 Å². The van der Waals surface area contributed by atoms with E-state index < -0.39 is 0 Å². The molecule has 0 saturated heterocycles. The second kappa shape index (κ2) is 4.38. The van der Waals surface area contributed by atoms with Crippen LogP contribution in [0.15, 0.2) is 35.7 Å². The van der Waals surface area contributed by atoms with Gasteiger partial charge in [0.2, 0.25) is 0 Å². The van der Waals surface area contributed by atoms with Crippen LogP contribution in [0.25, 0.3) is 22.1 Å². The fourth-order valence-corrected chi connectivity index (χ4v) is 2.68. The van der Waals surface area contributed by atoms with Gasteiger partial charge in [0.1, 0.15) is 0 Å². The second-order valence-corrected chi connectivity index (χ2v) is 5.31. The Morgan fingerprint density at radius 3 is 2.56 bits per heavy atom.